The lowest BCUT2D eigenvalue weighted by molar-refractivity contribution is -0.140. The van der Waals surface area contributed by atoms with Crippen LogP contribution < -0.4 is 16.0 Å². The Morgan fingerprint density at radius 3 is 2.04 bits per heavy atom. The molecule has 0 aromatic carbocycles. The second kappa shape index (κ2) is 14.2. The summed E-state index contributed by atoms with van der Waals surface area (Å²) >= 11 is 0. The molecule has 0 radical (unpaired) electrons. The minimum absolute atomic E-state index is 0.145. The molecular weight excluding hydrogens is 336 g/mol. The average molecular weight is 373 g/mol. The summed E-state index contributed by atoms with van der Waals surface area (Å²) in [4.78, 5) is 26.6. The van der Waals surface area contributed by atoms with Crippen LogP contribution in [0.4, 0.5) is 4.79 Å². The molecule has 26 heavy (non-hydrogen) atoms. The first-order valence-corrected chi connectivity index (χ1v) is 9.26. The van der Waals surface area contributed by atoms with Crippen molar-refractivity contribution in [2.24, 2.45) is 4.99 Å². The molecule has 0 aliphatic rings. The second-order valence-electron chi connectivity index (χ2n) is 6.95. The number of guanidine groups is 1. The molecule has 0 bridgehead atoms. The van der Waals surface area contributed by atoms with Gasteiger partial charge in [0.05, 0.1) is 7.11 Å². The van der Waals surface area contributed by atoms with Crippen LogP contribution in [0.2, 0.25) is 0 Å². The van der Waals surface area contributed by atoms with E-state index in [0.29, 0.717) is 19.5 Å². The number of unbranched alkanes of at least 4 members (excludes halogenated alkanes) is 3. The van der Waals surface area contributed by atoms with E-state index in [1.165, 1.54) is 7.11 Å². The zero-order chi connectivity index (χ0) is 19.8. The van der Waals surface area contributed by atoms with Crippen LogP contribution in [0.3, 0.4) is 0 Å². The third kappa shape index (κ3) is 15.5. The number of alkyl carbamates (subject to hydrolysis) is 1. The highest BCUT2D eigenvalue weighted by atomic mass is 16.6. The Kier molecular flexibility index (Phi) is 13.1. The normalized spacial score (nSPS) is 11.7. The van der Waals surface area contributed by atoms with Crippen molar-refractivity contribution in [3.8, 4) is 0 Å². The SMILES string of the molecule is CN=C(NCCCCCCC(=O)OC)NCCCNC(=O)OC(C)(C)C. The molecule has 3 N–H and O–H groups in total. The number of carbonyl (C=O) groups excluding carboxylic acids is 2. The number of nitrogens with zero attached hydrogens (tertiary/aromatic N) is 1. The standard InChI is InChI=1S/C18H36N4O4/c1-18(2,3)26-17(24)22-14-10-13-21-16(19-4)20-12-9-7-6-8-11-15(23)25-5/h6-14H2,1-5H3,(H,22,24)(H2,19,20,21). The molecule has 8 nitrogen and oxygen atoms in total. The number of rotatable bonds is 11. The molecule has 0 aromatic rings. The Morgan fingerprint density at radius 2 is 1.46 bits per heavy atom. The van der Waals surface area contributed by atoms with Crippen molar-refractivity contribution < 1.29 is 19.1 Å². The smallest absolute Gasteiger partial charge is 0.407 e. The van der Waals surface area contributed by atoms with Crippen LogP contribution in [0.5, 0.6) is 0 Å². The number of amides is 1. The summed E-state index contributed by atoms with van der Waals surface area (Å²) in [6.07, 6.45) is 4.82. The molecule has 0 aromatic heterocycles. The molecular formula is C18H36N4O4. The van der Waals surface area contributed by atoms with Gasteiger partial charge >= 0.3 is 12.1 Å². The van der Waals surface area contributed by atoms with E-state index in [2.05, 4.69) is 25.7 Å². The number of esters is 1. The van der Waals surface area contributed by atoms with Gasteiger partial charge in [-0.05, 0) is 40.0 Å². The molecule has 0 atom stereocenters. The second-order valence-corrected chi connectivity index (χ2v) is 6.95. The van der Waals surface area contributed by atoms with E-state index < -0.39 is 11.7 Å². The highest BCUT2D eigenvalue weighted by Crippen LogP contribution is 2.06. The van der Waals surface area contributed by atoms with Crippen molar-refractivity contribution in [2.75, 3.05) is 33.8 Å². The summed E-state index contributed by atoms with van der Waals surface area (Å²) < 4.78 is 9.77. The van der Waals surface area contributed by atoms with Crippen molar-refractivity contribution in [1.82, 2.24) is 16.0 Å². The Hall–Kier alpha value is -1.99. The van der Waals surface area contributed by atoms with E-state index in [1.807, 2.05) is 20.8 Å². The molecule has 0 fully saturated rings. The van der Waals surface area contributed by atoms with Gasteiger partial charge in [0.25, 0.3) is 0 Å². The van der Waals surface area contributed by atoms with E-state index in [0.717, 1.165) is 44.6 Å². The Morgan fingerprint density at radius 1 is 0.885 bits per heavy atom. The first kappa shape index (κ1) is 24.0. The maximum absolute atomic E-state index is 11.5. The molecule has 0 heterocycles. The van der Waals surface area contributed by atoms with Gasteiger partial charge in [-0.25, -0.2) is 4.79 Å². The molecule has 0 rings (SSSR count). The molecule has 0 spiro atoms. The lowest BCUT2D eigenvalue weighted by atomic mass is 10.1. The fourth-order valence-corrected chi connectivity index (χ4v) is 2.08. The first-order chi connectivity index (χ1) is 12.3. The highest BCUT2D eigenvalue weighted by molar-refractivity contribution is 5.79. The van der Waals surface area contributed by atoms with Gasteiger partial charge in [0.2, 0.25) is 0 Å². The van der Waals surface area contributed by atoms with Crippen molar-refractivity contribution in [1.29, 1.82) is 0 Å². The maximum atomic E-state index is 11.5. The molecule has 1 amide bonds. The Balaban J connectivity index is 3.60. The van der Waals surface area contributed by atoms with E-state index >= 15 is 0 Å². The largest absolute Gasteiger partial charge is 0.469 e. The summed E-state index contributed by atoms with van der Waals surface area (Å²) in [6, 6.07) is 0. The number of carbonyl (C=O) groups is 2. The van der Waals surface area contributed by atoms with Crippen LogP contribution in [0, 0.1) is 0 Å². The number of nitrogens with one attached hydrogen (secondary N) is 3. The van der Waals surface area contributed by atoms with E-state index in [4.69, 9.17) is 4.74 Å². The third-order valence-corrected chi connectivity index (χ3v) is 3.37. The van der Waals surface area contributed by atoms with Crippen LogP contribution in [0.1, 0.15) is 59.3 Å². The van der Waals surface area contributed by atoms with E-state index in [-0.39, 0.29) is 5.97 Å². The van der Waals surface area contributed by atoms with Crippen LogP contribution in [-0.2, 0) is 14.3 Å². The fourth-order valence-electron chi connectivity index (χ4n) is 2.08. The van der Waals surface area contributed by atoms with Crippen LogP contribution in [0.25, 0.3) is 0 Å². The fraction of sp³-hybridized carbons (Fsp3) is 0.833. The number of hydrogen-bond acceptors (Lipinski definition) is 5. The van der Waals surface area contributed by atoms with Gasteiger partial charge in [0.1, 0.15) is 5.60 Å². The predicted octanol–water partition coefficient (Wildman–Crippen LogP) is 2.19. The lowest BCUT2D eigenvalue weighted by Crippen LogP contribution is -2.39. The zero-order valence-electron chi connectivity index (χ0n) is 16.9. The number of aliphatic imine (C=N–C) groups is 1. The average Bonchev–Trinajstić information content (AvgIpc) is 2.56. The van der Waals surface area contributed by atoms with Crippen molar-refractivity contribution in [3.05, 3.63) is 0 Å². The predicted molar refractivity (Wildman–Crippen MR) is 103 cm³/mol. The molecule has 0 saturated carbocycles. The lowest BCUT2D eigenvalue weighted by Gasteiger charge is -2.19. The Bertz CT molecular complexity index is 433. The number of ether oxygens (including phenoxy) is 2. The van der Waals surface area contributed by atoms with E-state index in [1.54, 1.807) is 7.05 Å². The highest BCUT2D eigenvalue weighted by Gasteiger charge is 2.15. The zero-order valence-corrected chi connectivity index (χ0v) is 16.9. The molecule has 0 unspecified atom stereocenters. The first-order valence-electron chi connectivity index (χ1n) is 9.26. The van der Waals surface area contributed by atoms with Crippen molar-refractivity contribution in [3.63, 3.8) is 0 Å². The summed E-state index contributed by atoms with van der Waals surface area (Å²) in [5, 5.41) is 9.17. The minimum Gasteiger partial charge on any atom is -0.469 e. The van der Waals surface area contributed by atoms with Gasteiger partial charge in [-0.1, -0.05) is 12.8 Å². The van der Waals surface area contributed by atoms with Gasteiger partial charge in [0.15, 0.2) is 5.96 Å². The molecule has 8 heteroatoms. The van der Waals surface area contributed by atoms with Crippen molar-refractivity contribution in [2.45, 2.75) is 64.9 Å². The van der Waals surface area contributed by atoms with E-state index in [9.17, 15) is 9.59 Å². The third-order valence-electron chi connectivity index (χ3n) is 3.37. The summed E-state index contributed by atoms with van der Waals surface area (Å²) in [5.41, 5.74) is -0.479. The van der Waals surface area contributed by atoms with Gasteiger partial charge in [-0.15, -0.1) is 0 Å². The summed E-state index contributed by atoms with van der Waals surface area (Å²) in [7, 11) is 3.14. The quantitative estimate of drug-likeness (QED) is 0.222. The summed E-state index contributed by atoms with van der Waals surface area (Å²) in [5.74, 6) is 0.603. The van der Waals surface area contributed by atoms with Crippen LogP contribution in [0.15, 0.2) is 4.99 Å². The number of methoxy groups -OCH3 is 1. The minimum atomic E-state index is -0.479. The monoisotopic (exact) mass is 372 g/mol. The molecule has 0 aliphatic carbocycles. The Labute approximate surface area is 157 Å². The van der Waals surface area contributed by atoms with Gasteiger partial charge in [0, 0.05) is 33.1 Å². The van der Waals surface area contributed by atoms with Gasteiger partial charge in [-0.3, -0.25) is 9.79 Å². The molecule has 152 valence electrons. The number of hydrogen-bond donors (Lipinski definition) is 3. The van der Waals surface area contributed by atoms with Crippen LogP contribution >= 0.6 is 0 Å². The molecule has 0 saturated heterocycles. The maximum Gasteiger partial charge on any atom is 0.407 e. The van der Waals surface area contributed by atoms with Gasteiger partial charge in [-0.2, -0.15) is 0 Å². The molecule has 0 aliphatic heterocycles. The van der Waals surface area contributed by atoms with Crippen LogP contribution in [-0.4, -0.2) is 57.4 Å². The van der Waals surface area contributed by atoms with Gasteiger partial charge < -0.3 is 25.4 Å². The summed E-state index contributed by atoms with van der Waals surface area (Å²) in [6.45, 7) is 7.58. The van der Waals surface area contributed by atoms with Crippen molar-refractivity contribution >= 4 is 18.0 Å². The topological polar surface area (TPSA) is 101 Å².